The third-order valence-corrected chi connectivity index (χ3v) is 7.09. The zero-order valence-electron chi connectivity index (χ0n) is 24.3. The van der Waals surface area contributed by atoms with Gasteiger partial charge in [0.1, 0.15) is 17.4 Å². The van der Waals surface area contributed by atoms with Crippen LogP contribution in [0.1, 0.15) is 13.3 Å². The second-order valence-corrected chi connectivity index (χ2v) is 10.7. The highest BCUT2D eigenvalue weighted by atomic mass is 35.5. The highest BCUT2D eigenvalue weighted by Crippen LogP contribution is 2.42. The van der Waals surface area contributed by atoms with Crippen molar-refractivity contribution in [1.29, 1.82) is 0 Å². The molecule has 1 saturated heterocycles. The summed E-state index contributed by atoms with van der Waals surface area (Å²) in [7, 11) is 5.30. The van der Waals surface area contributed by atoms with E-state index in [1.54, 1.807) is 48.7 Å². The van der Waals surface area contributed by atoms with Gasteiger partial charge in [0, 0.05) is 89.5 Å². The van der Waals surface area contributed by atoms with E-state index in [0.29, 0.717) is 60.1 Å². The van der Waals surface area contributed by atoms with Crippen molar-refractivity contribution in [2.45, 2.75) is 19.4 Å². The molecular formula is C31H37ClFN5O4. The van der Waals surface area contributed by atoms with Crippen molar-refractivity contribution in [1.82, 2.24) is 15.2 Å². The van der Waals surface area contributed by atoms with E-state index in [1.165, 1.54) is 17.0 Å². The first-order valence-corrected chi connectivity index (χ1v) is 14.1. The maximum Gasteiger partial charge on any atom is 0.218 e. The summed E-state index contributed by atoms with van der Waals surface area (Å²) in [5.41, 5.74) is 2.06. The molecule has 1 amide bonds. The Bertz CT molecular complexity index is 1420. The third kappa shape index (κ3) is 7.70. The zero-order valence-corrected chi connectivity index (χ0v) is 25.1. The summed E-state index contributed by atoms with van der Waals surface area (Å²) in [5, 5.41) is 15.2. The number of aromatic nitrogens is 1. The number of benzene rings is 2. The number of rotatable bonds is 12. The van der Waals surface area contributed by atoms with Gasteiger partial charge in [-0.25, -0.2) is 4.39 Å². The Morgan fingerprint density at radius 3 is 2.57 bits per heavy atom. The Hall–Kier alpha value is -3.86. The van der Waals surface area contributed by atoms with Crippen molar-refractivity contribution in [3.63, 3.8) is 0 Å². The third-order valence-electron chi connectivity index (χ3n) is 6.79. The Morgan fingerprint density at radius 1 is 1.14 bits per heavy atom. The lowest BCUT2D eigenvalue weighted by Crippen LogP contribution is -2.49. The quantitative estimate of drug-likeness (QED) is 0.220. The highest BCUT2D eigenvalue weighted by Gasteiger charge is 2.21. The van der Waals surface area contributed by atoms with Gasteiger partial charge in [-0.1, -0.05) is 17.7 Å². The van der Waals surface area contributed by atoms with Gasteiger partial charge < -0.3 is 29.7 Å². The summed E-state index contributed by atoms with van der Waals surface area (Å²) in [4.78, 5) is 21.7. The summed E-state index contributed by atoms with van der Waals surface area (Å²) in [6, 6.07) is 11.3. The Kier molecular flexibility index (Phi) is 10.6. The number of hydrogen-bond donors (Lipinski definition) is 2. The summed E-state index contributed by atoms with van der Waals surface area (Å²) in [6.45, 7) is 5.34. The van der Waals surface area contributed by atoms with E-state index in [9.17, 15) is 9.90 Å². The van der Waals surface area contributed by atoms with Crippen LogP contribution < -0.4 is 19.9 Å². The molecule has 4 rings (SSSR count). The molecule has 11 heteroatoms. The lowest BCUT2D eigenvalue weighted by atomic mass is 9.97. The fraction of sp³-hybridized carbons (Fsp3) is 0.355. The molecule has 2 N–H and O–H groups in total. The van der Waals surface area contributed by atoms with Crippen LogP contribution in [0.4, 0.5) is 15.9 Å². The van der Waals surface area contributed by atoms with Gasteiger partial charge in [0.2, 0.25) is 12.3 Å². The first-order chi connectivity index (χ1) is 20.2. The van der Waals surface area contributed by atoms with E-state index in [-0.39, 0.29) is 22.4 Å². The monoisotopic (exact) mass is 597 g/mol. The Balaban J connectivity index is 1.74. The van der Waals surface area contributed by atoms with Crippen molar-refractivity contribution in [3.8, 4) is 33.9 Å². The maximum atomic E-state index is 15.1. The van der Waals surface area contributed by atoms with Gasteiger partial charge in [0.25, 0.3) is 0 Å². The normalized spacial score (nSPS) is 15.2. The number of halogens is 2. The lowest BCUT2D eigenvalue weighted by molar-refractivity contribution is -0.107. The summed E-state index contributed by atoms with van der Waals surface area (Å²) < 4.78 is 26.2. The molecule has 0 aliphatic carbocycles. The van der Waals surface area contributed by atoms with Gasteiger partial charge in [-0.2, -0.15) is 4.98 Å². The number of carbonyl (C=O) groups is 1. The minimum absolute atomic E-state index is 0.115. The fourth-order valence-corrected chi connectivity index (χ4v) is 4.98. The van der Waals surface area contributed by atoms with Gasteiger partial charge in [-0.3, -0.25) is 9.69 Å². The lowest BCUT2D eigenvalue weighted by Gasteiger charge is -2.33. The van der Waals surface area contributed by atoms with Crippen molar-refractivity contribution in [2.75, 3.05) is 63.9 Å². The van der Waals surface area contributed by atoms with Crippen LogP contribution in [0.5, 0.6) is 11.6 Å². The number of phenols is 1. The van der Waals surface area contributed by atoms with Crippen LogP contribution in [0.15, 0.2) is 54.9 Å². The zero-order chi connectivity index (χ0) is 30.2. The molecule has 1 aliphatic rings. The molecule has 1 atom stereocenters. The molecule has 0 spiro atoms. The van der Waals surface area contributed by atoms with Crippen molar-refractivity contribution in [2.24, 2.45) is 0 Å². The van der Waals surface area contributed by atoms with Crippen LogP contribution in [0.25, 0.3) is 22.3 Å². The predicted octanol–water partition coefficient (Wildman–Crippen LogP) is 5.12. The highest BCUT2D eigenvalue weighted by molar-refractivity contribution is 6.34. The second-order valence-electron chi connectivity index (χ2n) is 10.3. The topological polar surface area (TPSA) is 90.4 Å². The van der Waals surface area contributed by atoms with Crippen molar-refractivity contribution in [3.05, 3.63) is 65.7 Å². The number of carbonyl (C=O) groups excluding carboxylic acids is 1. The molecule has 0 radical (unpaired) electrons. The van der Waals surface area contributed by atoms with Gasteiger partial charge in [0.15, 0.2) is 0 Å². The van der Waals surface area contributed by atoms with Crippen LogP contribution in [0.2, 0.25) is 5.02 Å². The van der Waals surface area contributed by atoms with E-state index < -0.39 is 5.82 Å². The van der Waals surface area contributed by atoms with Gasteiger partial charge in [-0.15, -0.1) is 0 Å². The van der Waals surface area contributed by atoms with E-state index in [0.717, 1.165) is 19.6 Å². The number of ether oxygens (including phenoxy) is 2. The molecule has 2 aromatic carbocycles. The fourth-order valence-electron chi connectivity index (χ4n) is 4.70. The number of phenolic OH excluding ortho intramolecular Hbond substituents is 1. The standard InChI is InChI=1S/C31H37ClFN5O4/c1-21-19-37(9-8-34-21)29-15-23(16-30(35-29)42-13-5-12-41-4)26-18-24(33)17-25(31(26)40)22-6-7-28(27(32)14-22)38(20-39)11-10-36(2)3/h6-7,10-11,14-18,20-21,34,40H,5,8-9,12-13,19H2,1-4H3/b11-10-/t21-/m1/s1. The van der Waals surface area contributed by atoms with Gasteiger partial charge in [0.05, 0.1) is 17.3 Å². The number of nitrogens with zero attached hydrogens (tertiary/aromatic N) is 4. The molecule has 0 unspecified atom stereocenters. The molecule has 224 valence electrons. The molecule has 3 aromatic rings. The average Bonchev–Trinajstić information content (AvgIpc) is 2.97. The predicted molar refractivity (Wildman–Crippen MR) is 165 cm³/mol. The van der Waals surface area contributed by atoms with Crippen LogP contribution in [-0.2, 0) is 9.53 Å². The largest absolute Gasteiger partial charge is 0.507 e. The Morgan fingerprint density at radius 2 is 1.90 bits per heavy atom. The number of hydrogen-bond acceptors (Lipinski definition) is 8. The number of methoxy groups -OCH3 is 1. The molecule has 9 nitrogen and oxygen atoms in total. The molecular weight excluding hydrogens is 561 g/mol. The molecule has 42 heavy (non-hydrogen) atoms. The molecule has 0 saturated carbocycles. The number of aromatic hydroxyl groups is 1. The van der Waals surface area contributed by atoms with E-state index in [2.05, 4.69) is 17.1 Å². The smallest absolute Gasteiger partial charge is 0.218 e. The maximum absolute atomic E-state index is 15.1. The van der Waals surface area contributed by atoms with E-state index in [4.69, 9.17) is 26.1 Å². The number of amides is 1. The van der Waals surface area contributed by atoms with Gasteiger partial charge >= 0.3 is 0 Å². The van der Waals surface area contributed by atoms with Gasteiger partial charge in [-0.05, 0) is 48.4 Å². The summed E-state index contributed by atoms with van der Waals surface area (Å²) in [6.07, 6.45) is 4.62. The van der Waals surface area contributed by atoms with Crippen molar-refractivity contribution < 1.29 is 23.8 Å². The van der Waals surface area contributed by atoms with Crippen LogP contribution in [0, 0.1) is 5.82 Å². The van der Waals surface area contributed by atoms with Crippen molar-refractivity contribution >= 4 is 29.5 Å². The number of nitrogens with one attached hydrogen (secondary N) is 1. The number of piperazine rings is 1. The minimum Gasteiger partial charge on any atom is -0.507 e. The Labute approximate surface area is 251 Å². The number of anilines is 2. The van der Waals surface area contributed by atoms with Crippen LogP contribution in [0.3, 0.4) is 0 Å². The average molecular weight is 598 g/mol. The molecule has 1 aromatic heterocycles. The van der Waals surface area contributed by atoms with E-state index in [1.807, 2.05) is 20.2 Å². The molecule has 1 fully saturated rings. The number of pyridine rings is 1. The van der Waals surface area contributed by atoms with E-state index >= 15 is 4.39 Å². The molecule has 0 bridgehead atoms. The molecule has 1 aliphatic heterocycles. The first-order valence-electron chi connectivity index (χ1n) is 13.7. The van der Waals surface area contributed by atoms with Crippen LogP contribution >= 0.6 is 11.6 Å². The summed E-state index contributed by atoms with van der Waals surface area (Å²) in [5.74, 6) is 0.413. The minimum atomic E-state index is -0.529. The molecule has 2 heterocycles. The van der Waals surface area contributed by atoms with Crippen LogP contribution in [-0.4, -0.2) is 81.5 Å². The second kappa shape index (κ2) is 14.4. The SMILES string of the molecule is COCCCOc1cc(-c2cc(F)cc(-c3ccc(N(C=O)/C=C\N(C)C)c(Cl)c3)c2O)cc(N2CCN[C@H](C)C2)n1. The summed E-state index contributed by atoms with van der Waals surface area (Å²) >= 11 is 6.56. The first kappa shape index (κ1) is 31.1.